The first kappa shape index (κ1) is 29.9. The highest BCUT2D eigenvalue weighted by molar-refractivity contribution is 7.92. The number of anilines is 1. The van der Waals surface area contributed by atoms with Crippen LogP contribution in [-0.4, -0.2) is 44.3 Å². The topological polar surface area (TPSA) is 86.8 Å². The molecule has 1 atom stereocenters. The predicted molar refractivity (Wildman–Crippen MR) is 156 cm³/mol. The van der Waals surface area contributed by atoms with E-state index in [-0.39, 0.29) is 17.3 Å². The van der Waals surface area contributed by atoms with Gasteiger partial charge in [-0.05, 0) is 69.0 Å². The Morgan fingerprint density at radius 1 is 0.846 bits per heavy atom. The molecule has 1 N–H and O–H groups in total. The van der Waals surface area contributed by atoms with Crippen LogP contribution in [0.1, 0.15) is 48.9 Å². The third kappa shape index (κ3) is 7.47. The lowest BCUT2D eigenvalue weighted by Crippen LogP contribution is -2.52. The Morgan fingerprint density at radius 2 is 1.44 bits per heavy atom. The van der Waals surface area contributed by atoms with E-state index in [2.05, 4.69) is 5.32 Å². The van der Waals surface area contributed by atoms with E-state index >= 15 is 0 Å². The Labute approximate surface area is 232 Å². The summed E-state index contributed by atoms with van der Waals surface area (Å²) in [6.07, 6.45) is 1.16. The number of rotatable bonds is 12. The largest absolute Gasteiger partial charge is 0.354 e. The molecule has 0 aliphatic rings. The Kier molecular flexibility index (Phi) is 10.3. The van der Waals surface area contributed by atoms with Crippen LogP contribution in [0.25, 0.3) is 0 Å². The summed E-state index contributed by atoms with van der Waals surface area (Å²) >= 11 is 0. The summed E-state index contributed by atoms with van der Waals surface area (Å²) in [5, 5.41) is 2.91. The van der Waals surface area contributed by atoms with Gasteiger partial charge in [0, 0.05) is 13.1 Å². The van der Waals surface area contributed by atoms with E-state index in [9.17, 15) is 18.0 Å². The Morgan fingerprint density at radius 3 is 2.00 bits per heavy atom. The van der Waals surface area contributed by atoms with Gasteiger partial charge in [-0.15, -0.1) is 0 Å². The van der Waals surface area contributed by atoms with Crippen molar-refractivity contribution in [2.75, 3.05) is 17.4 Å². The van der Waals surface area contributed by atoms with Gasteiger partial charge < -0.3 is 10.2 Å². The second kappa shape index (κ2) is 13.4. The zero-order valence-electron chi connectivity index (χ0n) is 23.5. The summed E-state index contributed by atoms with van der Waals surface area (Å²) < 4.78 is 28.9. The molecule has 3 rings (SSSR count). The highest BCUT2D eigenvalue weighted by Gasteiger charge is 2.33. The summed E-state index contributed by atoms with van der Waals surface area (Å²) in [6.45, 7) is 9.82. The molecule has 0 unspecified atom stereocenters. The molecule has 39 heavy (non-hydrogen) atoms. The minimum Gasteiger partial charge on any atom is -0.354 e. The molecule has 0 aliphatic carbocycles. The lowest BCUT2D eigenvalue weighted by molar-refractivity contribution is -0.140. The first-order valence-corrected chi connectivity index (χ1v) is 14.8. The Hall–Kier alpha value is -3.65. The first-order chi connectivity index (χ1) is 18.6. The van der Waals surface area contributed by atoms with Gasteiger partial charge in [-0.1, -0.05) is 73.5 Å². The van der Waals surface area contributed by atoms with Gasteiger partial charge in [-0.3, -0.25) is 13.9 Å². The number of nitrogens with zero attached hydrogens (tertiary/aromatic N) is 2. The number of nitrogens with one attached hydrogen (secondary N) is 1. The van der Waals surface area contributed by atoms with Crippen LogP contribution in [0.5, 0.6) is 0 Å². The van der Waals surface area contributed by atoms with Crippen molar-refractivity contribution in [3.63, 3.8) is 0 Å². The smallest absolute Gasteiger partial charge is 0.264 e. The zero-order valence-corrected chi connectivity index (χ0v) is 24.3. The van der Waals surface area contributed by atoms with Gasteiger partial charge in [0.1, 0.15) is 12.6 Å². The van der Waals surface area contributed by atoms with Crippen LogP contribution in [0.3, 0.4) is 0 Å². The summed E-state index contributed by atoms with van der Waals surface area (Å²) in [6, 6.07) is 20.5. The molecule has 0 saturated carbocycles. The standard InChI is InChI=1S/C31H39N3O4S/c1-6-20-32-31(36)29(7-2)33(21-26-11-9-8-10-25(26)5)30(35)22-34(27-16-12-23(3)13-17-27)39(37,38)28-18-14-24(4)15-19-28/h8-19,29H,6-7,20-22H2,1-5H3,(H,32,36)/t29-/m0/s1. The van der Waals surface area contributed by atoms with E-state index in [4.69, 9.17) is 0 Å². The van der Waals surface area contributed by atoms with Crippen LogP contribution in [0.4, 0.5) is 5.69 Å². The summed E-state index contributed by atoms with van der Waals surface area (Å²) in [7, 11) is -4.07. The number of amides is 2. The van der Waals surface area contributed by atoms with E-state index in [1.165, 1.54) is 4.90 Å². The maximum Gasteiger partial charge on any atom is 0.264 e. The van der Waals surface area contributed by atoms with Gasteiger partial charge in [-0.25, -0.2) is 8.42 Å². The van der Waals surface area contributed by atoms with E-state index in [1.54, 1.807) is 36.4 Å². The molecule has 3 aromatic carbocycles. The van der Waals surface area contributed by atoms with E-state index in [0.29, 0.717) is 18.7 Å². The lowest BCUT2D eigenvalue weighted by Gasteiger charge is -2.33. The minimum atomic E-state index is -4.07. The van der Waals surface area contributed by atoms with Crippen molar-refractivity contribution in [2.45, 2.75) is 64.9 Å². The number of aryl methyl sites for hydroxylation is 3. The molecule has 0 aliphatic heterocycles. The van der Waals surface area contributed by atoms with Gasteiger partial charge >= 0.3 is 0 Å². The fourth-order valence-corrected chi connectivity index (χ4v) is 5.75. The normalized spacial score (nSPS) is 12.0. The zero-order chi connectivity index (χ0) is 28.6. The van der Waals surface area contributed by atoms with Crippen molar-refractivity contribution in [1.29, 1.82) is 0 Å². The van der Waals surface area contributed by atoms with Crippen molar-refractivity contribution in [3.05, 3.63) is 95.1 Å². The van der Waals surface area contributed by atoms with Crippen LogP contribution in [0.15, 0.2) is 77.7 Å². The van der Waals surface area contributed by atoms with Gasteiger partial charge in [0.15, 0.2) is 0 Å². The van der Waals surface area contributed by atoms with E-state index in [0.717, 1.165) is 33.0 Å². The molecular weight excluding hydrogens is 510 g/mol. The van der Waals surface area contributed by atoms with Crippen molar-refractivity contribution in [2.24, 2.45) is 0 Å². The third-order valence-corrected chi connectivity index (χ3v) is 8.53. The molecule has 2 amide bonds. The SMILES string of the molecule is CCCNC(=O)[C@H](CC)N(Cc1ccccc1C)C(=O)CN(c1ccc(C)cc1)S(=O)(=O)c1ccc(C)cc1. The van der Waals surface area contributed by atoms with Crippen molar-refractivity contribution in [3.8, 4) is 0 Å². The second-order valence-corrected chi connectivity index (χ2v) is 11.7. The van der Waals surface area contributed by atoms with Gasteiger partial charge in [0.05, 0.1) is 10.6 Å². The van der Waals surface area contributed by atoms with Gasteiger partial charge in [0.25, 0.3) is 10.0 Å². The molecule has 0 fully saturated rings. The number of hydrogen-bond donors (Lipinski definition) is 1. The van der Waals surface area contributed by atoms with Crippen LogP contribution < -0.4 is 9.62 Å². The van der Waals surface area contributed by atoms with Gasteiger partial charge in [-0.2, -0.15) is 0 Å². The summed E-state index contributed by atoms with van der Waals surface area (Å²) in [5.41, 5.74) is 4.17. The molecule has 8 heteroatoms. The van der Waals surface area contributed by atoms with E-state index < -0.39 is 28.5 Å². The average molecular weight is 550 g/mol. The molecule has 7 nitrogen and oxygen atoms in total. The lowest BCUT2D eigenvalue weighted by atomic mass is 10.1. The second-order valence-electron chi connectivity index (χ2n) is 9.82. The average Bonchev–Trinajstić information content (AvgIpc) is 2.92. The molecule has 208 valence electrons. The number of carbonyl (C=O) groups excluding carboxylic acids is 2. The monoisotopic (exact) mass is 549 g/mol. The van der Waals surface area contributed by atoms with Crippen molar-refractivity contribution < 1.29 is 18.0 Å². The van der Waals surface area contributed by atoms with Gasteiger partial charge in [0.2, 0.25) is 11.8 Å². The van der Waals surface area contributed by atoms with Crippen LogP contribution in [0, 0.1) is 20.8 Å². The quantitative estimate of drug-likeness (QED) is 0.339. The molecule has 0 radical (unpaired) electrons. The molecule has 3 aromatic rings. The summed E-state index contributed by atoms with van der Waals surface area (Å²) in [5.74, 6) is -0.697. The molecule has 0 saturated heterocycles. The predicted octanol–water partition coefficient (Wildman–Crippen LogP) is 5.14. The molecule has 0 aromatic heterocycles. The fraction of sp³-hybridized carbons (Fsp3) is 0.355. The maximum absolute atomic E-state index is 14.1. The van der Waals surface area contributed by atoms with E-state index in [1.807, 2.05) is 71.0 Å². The fourth-order valence-electron chi connectivity index (χ4n) is 4.33. The molecule has 0 heterocycles. The van der Waals surface area contributed by atoms with Crippen LogP contribution in [0.2, 0.25) is 0 Å². The molecule has 0 spiro atoms. The van der Waals surface area contributed by atoms with Crippen molar-refractivity contribution in [1.82, 2.24) is 10.2 Å². The number of carbonyl (C=O) groups is 2. The molecular formula is C31H39N3O4S. The highest BCUT2D eigenvalue weighted by atomic mass is 32.2. The van der Waals surface area contributed by atoms with Crippen LogP contribution >= 0.6 is 0 Å². The summed E-state index contributed by atoms with van der Waals surface area (Å²) in [4.78, 5) is 28.8. The van der Waals surface area contributed by atoms with Crippen molar-refractivity contribution >= 4 is 27.5 Å². The molecule has 0 bridgehead atoms. The number of sulfonamides is 1. The highest BCUT2D eigenvalue weighted by Crippen LogP contribution is 2.26. The Balaban J connectivity index is 2.05. The third-order valence-electron chi connectivity index (χ3n) is 6.75. The van der Waals surface area contributed by atoms with Crippen LogP contribution in [-0.2, 0) is 26.2 Å². The maximum atomic E-state index is 14.1. The minimum absolute atomic E-state index is 0.0969. The first-order valence-electron chi connectivity index (χ1n) is 13.4. The Bertz CT molecular complexity index is 1370. The number of benzene rings is 3. The number of hydrogen-bond acceptors (Lipinski definition) is 4.